The number of rotatable bonds is 4. The van der Waals surface area contributed by atoms with Gasteiger partial charge in [-0.1, -0.05) is 25.0 Å². The van der Waals surface area contributed by atoms with Crippen molar-refractivity contribution >= 4 is 15.5 Å². The van der Waals surface area contributed by atoms with Crippen LogP contribution in [-0.4, -0.2) is 14.2 Å². The molecule has 0 aliphatic heterocycles. The van der Waals surface area contributed by atoms with Crippen LogP contribution in [0.4, 0.5) is 10.1 Å². The number of halogens is 1. The third kappa shape index (κ3) is 3.22. The lowest BCUT2D eigenvalue weighted by Crippen LogP contribution is -2.16. The van der Waals surface area contributed by atoms with Gasteiger partial charge in [-0.3, -0.25) is 0 Å². The van der Waals surface area contributed by atoms with E-state index in [1.807, 2.05) is 0 Å². The molecule has 5 heteroatoms. The van der Waals surface area contributed by atoms with Crippen LogP contribution in [0.2, 0.25) is 0 Å². The third-order valence-corrected chi connectivity index (χ3v) is 5.18. The highest BCUT2D eigenvalue weighted by atomic mass is 32.2. The summed E-state index contributed by atoms with van der Waals surface area (Å²) in [5.74, 6) is -0.437. The SMILES string of the molecule is Nc1cccc(CS(=O)(=O)CC2CCCC2)c1F. The van der Waals surface area contributed by atoms with Crippen molar-refractivity contribution < 1.29 is 12.8 Å². The Morgan fingerprint density at radius 3 is 2.61 bits per heavy atom. The second-order valence-electron chi connectivity index (χ2n) is 5.03. The molecule has 0 heterocycles. The van der Waals surface area contributed by atoms with Crippen LogP contribution in [0.5, 0.6) is 0 Å². The minimum atomic E-state index is -3.25. The first kappa shape index (κ1) is 13.3. The van der Waals surface area contributed by atoms with Gasteiger partial charge in [-0.2, -0.15) is 0 Å². The summed E-state index contributed by atoms with van der Waals surface area (Å²) in [6.45, 7) is 0. The first-order chi connectivity index (χ1) is 8.48. The van der Waals surface area contributed by atoms with Gasteiger partial charge in [-0.25, -0.2) is 12.8 Å². The zero-order valence-corrected chi connectivity index (χ0v) is 11.0. The largest absolute Gasteiger partial charge is 0.396 e. The van der Waals surface area contributed by atoms with Crippen molar-refractivity contribution in [2.24, 2.45) is 5.92 Å². The lowest BCUT2D eigenvalue weighted by molar-refractivity contribution is 0.555. The van der Waals surface area contributed by atoms with Crippen LogP contribution >= 0.6 is 0 Å². The molecule has 100 valence electrons. The molecule has 1 saturated carbocycles. The summed E-state index contributed by atoms with van der Waals surface area (Å²) in [7, 11) is -3.25. The highest BCUT2D eigenvalue weighted by Gasteiger charge is 2.23. The van der Waals surface area contributed by atoms with Crippen LogP contribution in [0.25, 0.3) is 0 Å². The van der Waals surface area contributed by atoms with Crippen LogP contribution in [0, 0.1) is 11.7 Å². The quantitative estimate of drug-likeness (QED) is 0.856. The molecular formula is C13H18FNO2S. The summed E-state index contributed by atoms with van der Waals surface area (Å²) in [6.07, 6.45) is 4.15. The molecule has 1 aliphatic carbocycles. The fraction of sp³-hybridized carbons (Fsp3) is 0.538. The van der Waals surface area contributed by atoms with Crippen molar-refractivity contribution in [1.29, 1.82) is 0 Å². The maximum Gasteiger partial charge on any atom is 0.154 e. The monoisotopic (exact) mass is 271 g/mol. The van der Waals surface area contributed by atoms with Crippen LogP contribution in [-0.2, 0) is 15.6 Å². The van der Waals surface area contributed by atoms with E-state index in [9.17, 15) is 12.8 Å². The fourth-order valence-electron chi connectivity index (χ4n) is 2.54. The average Bonchev–Trinajstić information content (AvgIpc) is 2.76. The normalized spacial score (nSPS) is 17.2. The van der Waals surface area contributed by atoms with Gasteiger partial charge in [0.25, 0.3) is 0 Å². The van der Waals surface area contributed by atoms with E-state index >= 15 is 0 Å². The van der Waals surface area contributed by atoms with Gasteiger partial charge < -0.3 is 5.73 Å². The molecule has 2 rings (SSSR count). The van der Waals surface area contributed by atoms with Crippen LogP contribution in [0.1, 0.15) is 31.2 Å². The first-order valence-electron chi connectivity index (χ1n) is 6.21. The summed E-state index contributed by atoms with van der Waals surface area (Å²) in [4.78, 5) is 0. The van der Waals surface area contributed by atoms with Gasteiger partial charge >= 0.3 is 0 Å². The van der Waals surface area contributed by atoms with Crippen molar-refractivity contribution in [3.05, 3.63) is 29.6 Å². The zero-order chi connectivity index (χ0) is 13.2. The Bertz CT molecular complexity index is 522. The third-order valence-electron chi connectivity index (χ3n) is 3.45. The van der Waals surface area contributed by atoms with Gasteiger partial charge in [0.05, 0.1) is 17.2 Å². The number of hydrogen-bond donors (Lipinski definition) is 1. The van der Waals surface area contributed by atoms with Crippen molar-refractivity contribution in [2.75, 3.05) is 11.5 Å². The van der Waals surface area contributed by atoms with Crippen molar-refractivity contribution in [3.63, 3.8) is 0 Å². The lowest BCUT2D eigenvalue weighted by atomic mass is 10.1. The molecule has 1 fully saturated rings. The van der Waals surface area contributed by atoms with Gasteiger partial charge in [0, 0.05) is 5.56 Å². The number of sulfone groups is 1. The minimum absolute atomic E-state index is 0.00330. The number of hydrogen-bond acceptors (Lipinski definition) is 3. The minimum Gasteiger partial charge on any atom is -0.396 e. The van der Waals surface area contributed by atoms with Gasteiger partial charge in [-0.05, 0) is 24.8 Å². The van der Waals surface area contributed by atoms with Gasteiger partial charge in [-0.15, -0.1) is 0 Å². The highest BCUT2D eigenvalue weighted by Crippen LogP contribution is 2.27. The zero-order valence-electron chi connectivity index (χ0n) is 10.2. The van der Waals surface area contributed by atoms with E-state index in [0.717, 1.165) is 25.7 Å². The Morgan fingerprint density at radius 2 is 1.94 bits per heavy atom. The van der Waals surface area contributed by atoms with Crippen molar-refractivity contribution in [1.82, 2.24) is 0 Å². The summed E-state index contributed by atoms with van der Waals surface area (Å²) >= 11 is 0. The van der Waals surface area contributed by atoms with E-state index in [-0.39, 0.29) is 28.7 Å². The summed E-state index contributed by atoms with van der Waals surface area (Å²) in [5.41, 5.74) is 5.61. The molecule has 3 nitrogen and oxygen atoms in total. The molecule has 0 amide bonds. The molecule has 0 unspecified atom stereocenters. The van der Waals surface area contributed by atoms with E-state index in [1.165, 1.54) is 12.1 Å². The lowest BCUT2D eigenvalue weighted by Gasteiger charge is -2.11. The molecule has 1 aromatic carbocycles. The molecule has 0 spiro atoms. The van der Waals surface area contributed by atoms with E-state index in [4.69, 9.17) is 5.73 Å². The van der Waals surface area contributed by atoms with Crippen molar-refractivity contribution in [2.45, 2.75) is 31.4 Å². The summed E-state index contributed by atoms with van der Waals surface area (Å²) in [6, 6.07) is 4.50. The summed E-state index contributed by atoms with van der Waals surface area (Å²) < 4.78 is 37.7. The maximum atomic E-state index is 13.7. The first-order valence-corrected chi connectivity index (χ1v) is 8.03. The molecule has 18 heavy (non-hydrogen) atoms. The predicted molar refractivity (Wildman–Crippen MR) is 70.3 cm³/mol. The molecule has 2 N–H and O–H groups in total. The Balaban J connectivity index is 2.09. The van der Waals surface area contributed by atoms with Gasteiger partial charge in [0.15, 0.2) is 9.84 Å². The van der Waals surface area contributed by atoms with Crippen LogP contribution in [0.15, 0.2) is 18.2 Å². The van der Waals surface area contributed by atoms with Gasteiger partial charge in [0.2, 0.25) is 0 Å². The van der Waals surface area contributed by atoms with E-state index < -0.39 is 15.7 Å². The fourth-order valence-corrected chi connectivity index (χ4v) is 4.41. The molecule has 1 aromatic rings. The number of benzene rings is 1. The Morgan fingerprint density at radius 1 is 1.28 bits per heavy atom. The molecule has 0 aromatic heterocycles. The van der Waals surface area contributed by atoms with Crippen LogP contribution < -0.4 is 5.73 Å². The second-order valence-corrected chi connectivity index (χ2v) is 7.13. The Labute approximate surface area is 107 Å². The highest BCUT2D eigenvalue weighted by molar-refractivity contribution is 7.90. The predicted octanol–water partition coefficient (Wildman–Crippen LogP) is 2.51. The van der Waals surface area contributed by atoms with E-state index in [0.29, 0.717) is 0 Å². The maximum absolute atomic E-state index is 13.7. The average molecular weight is 271 g/mol. The number of anilines is 1. The van der Waals surface area contributed by atoms with Gasteiger partial charge in [0.1, 0.15) is 5.82 Å². The Hall–Kier alpha value is -1.10. The summed E-state index contributed by atoms with van der Waals surface area (Å²) in [5, 5.41) is 0. The Kier molecular flexibility index (Phi) is 3.90. The van der Waals surface area contributed by atoms with Crippen molar-refractivity contribution in [3.8, 4) is 0 Å². The van der Waals surface area contributed by atoms with Crippen LogP contribution in [0.3, 0.4) is 0 Å². The number of nitrogen functional groups attached to an aromatic ring is 1. The second kappa shape index (κ2) is 5.26. The van der Waals surface area contributed by atoms with E-state index in [2.05, 4.69) is 0 Å². The molecule has 0 radical (unpaired) electrons. The molecule has 0 saturated heterocycles. The molecular weight excluding hydrogens is 253 g/mol. The molecule has 0 bridgehead atoms. The smallest absolute Gasteiger partial charge is 0.154 e. The number of nitrogens with two attached hydrogens (primary N) is 1. The molecule has 1 aliphatic rings. The van der Waals surface area contributed by atoms with E-state index in [1.54, 1.807) is 6.07 Å². The topological polar surface area (TPSA) is 60.2 Å². The molecule has 0 atom stereocenters. The standard InChI is InChI=1S/C13H18FNO2S/c14-13-11(6-3-7-12(13)15)9-18(16,17)8-10-4-1-2-5-10/h3,6-7,10H,1-2,4-5,8-9,15H2.